The zero-order valence-corrected chi connectivity index (χ0v) is 13.9. The lowest BCUT2D eigenvalue weighted by atomic mass is 9.82. The third kappa shape index (κ3) is 4.38. The first-order valence-corrected chi connectivity index (χ1v) is 8.36. The second kappa shape index (κ2) is 8.20. The highest BCUT2D eigenvalue weighted by atomic mass is 16.5. The van der Waals surface area contributed by atoms with Crippen LogP contribution in [0.3, 0.4) is 0 Å². The fourth-order valence-corrected chi connectivity index (χ4v) is 3.16. The normalized spacial score (nSPS) is 16.7. The molecule has 1 aliphatic carbocycles. The summed E-state index contributed by atoms with van der Waals surface area (Å²) in [6.45, 7) is 3.99. The number of carbonyl (C=O) groups excluding carboxylic acids is 2. The third-order valence-corrected chi connectivity index (χ3v) is 4.29. The van der Waals surface area contributed by atoms with Crippen molar-refractivity contribution >= 4 is 11.8 Å². The number of aryl methyl sites for hydroxylation is 2. The summed E-state index contributed by atoms with van der Waals surface area (Å²) in [7, 11) is 0. The van der Waals surface area contributed by atoms with E-state index in [1.54, 1.807) is 6.92 Å². The van der Waals surface area contributed by atoms with Crippen molar-refractivity contribution in [2.75, 3.05) is 13.2 Å². The van der Waals surface area contributed by atoms with Gasteiger partial charge in [-0.15, -0.1) is 0 Å². The molecule has 0 amide bonds. The predicted octanol–water partition coefficient (Wildman–Crippen LogP) is 2.72. The molecule has 23 heavy (non-hydrogen) atoms. The number of hydrogen-bond donors (Lipinski definition) is 1. The summed E-state index contributed by atoms with van der Waals surface area (Å²) in [5.41, 5.74) is 3.21. The molecule has 0 aliphatic heterocycles. The van der Waals surface area contributed by atoms with Crippen LogP contribution in [0.5, 0.6) is 0 Å². The van der Waals surface area contributed by atoms with Crippen molar-refractivity contribution in [3.05, 3.63) is 28.6 Å². The fraction of sp³-hybridized carbons (Fsp3) is 0.611. The second-order valence-electron chi connectivity index (χ2n) is 6.05. The molecular formula is C18H25NO4. The molecule has 1 aromatic rings. The average Bonchev–Trinajstić information content (AvgIpc) is 2.53. The van der Waals surface area contributed by atoms with Crippen LogP contribution in [0.2, 0.25) is 0 Å². The molecule has 1 unspecified atom stereocenters. The number of Topliss-reactive ketones (excluding diaryl/α,β-unsaturated/α-hetero) is 1. The zero-order chi connectivity index (χ0) is 16.8. The highest BCUT2D eigenvalue weighted by Crippen LogP contribution is 2.34. The lowest BCUT2D eigenvalue weighted by Crippen LogP contribution is -2.19. The Hall–Kier alpha value is -1.75. The van der Waals surface area contributed by atoms with Gasteiger partial charge in [-0.25, -0.2) is 4.79 Å². The van der Waals surface area contributed by atoms with Crippen LogP contribution in [0.25, 0.3) is 0 Å². The molecule has 0 fully saturated rings. The molecule has 0 aromatic carbocycles. The first-order valence-electron chi connectivity index (χ1n) is 8.36. The van der Waals surface area contributed by atoms with E-state index in [9.17, 15) is 9.59 Å². The lowest BCUT2D eigenvalue weighted by molar-refractivity contribution is -0.119. The molecule has 1 atom stereocenters. The van der Waals surface area contributed by atoms with Crippen LogP contribution in [-0.4, -0.2) is 35.1 Å². The summed E-state index contributed by atoms with van der Waals surface area (Å²) >= 11 is 0. The topological polar surface area (TPSA) is 76.5 Å². The number of nitrogens with zero attached hydrogens (tertiary/aromatic N) is 1. The Morgan fingerprint density at radius 1 is 1.43 bits per heavy atom. The summed E-state index contributed by atoms with van der Waals surface area (Å²) in [5.74, 6) is -0.0350. The number of ether oxygens (including phenoxy) is 1. The summed E-state index contributed by atoms with van der Waals surface area (Å²) in [4.78, 5) is 28.6. The van der Waals surface area contributed by atoms with Crippen LogP contribution < -0.4 is 0 Å². The van der Waals surface area contributed by atoms with Gasteiger partial charge in [0.05, 0.1) is 17.9 Å². The molecule has 5 nitrogen and oxygen atoms in total. The van der Waals surface area contributed by atoms with Gasteiger partial charge in [0.1, 0.15) is 5.78 Å². The van der Waals surface area contributed by atoms with Gasteiger partial charge in [-0.05, 0) is 51.2 Å². The first-order chi connectivity index (χ1) is 11.1. The maximum atomic E-state index is 12.0. The van der Waals surface area contributed by atoms with E-state index in [4.69, 9.17) is 9.84 Å². The van der Waals surface area contributed by atoms with Crippen LogP contribution in [0, 0.1) is 6.92 Å². The minimum absolute atomic E-state index is 0.0489. The van der Waals surface area contributed by atoms with Crippen LogP contribution in [0.15, 0.2) is 6.07 Å². The summed E-state index contributed by atoms with van der Waals surface area (Å²) in [5, 5.41) is 8.83. The summed E-state index contributed by atoms with van der Waals surface area (Å²) in [6.07, 6.45) is 4.24. The molecule has 5 heteroatoms. The first kappa shape index (κ1) is 17.6. The van der Waals surface area contributed by atoms with Crippen molar-refractivity contribution in [2.24, 2.45) is 0 Å². The quantitative estimate of drug-likeness (QED) is 0.782. The Morgan fingerprint density at radius 3 is 2.91 bits per heavy atom. The minimum Gasteiger partial charge on any atom is -0.462 e. The molecule has 1 heterocycles. The zero-order valence-electron chi connectivity index (χ0n) is 13.9. The minimum atomic E-state index is -0.332. The van der Waals surface area contributed by atoms with E-state index < -0.39 is 0 Å². The molecule has 0 spiro atoms. The van der Waals surface area contributed by atoms with Crippen molar-refractivity contribution < 1.29 is 19.4 Å². The number of pyridine rings is 1. The van der Waals surface area contributed by atoms with Crippen molar-refractivity contribution in [3.63, 3.8) is 0 Å². The Morgan fingerprint density at radius 2 is 2.22 bits per heavy atom. The number of ketones is 1. The molecule has 126 valence electrons. The number of aromatic nitrogens is 1. The second-order valence-corrected chi connectivity index (χ2v) is 6.05. The van der Waals surface area contributed by atoms with Gasteiger partial charge in [0.25, 0.3) is 0 Å². The number of aliphatic hydroxyl groups excluding tert-OH is 1. The molecule has 0 saturated heterocycles. The van der Waals surface area contributed by atoms with Crippen LogP contribution in [0.4, 0.5) is 0 Å². The van der Waals surface area contributed by atoms with Crippen LogP contribution >= 0.6 is 0 Å². The van der Waals surface area contributed by atoms with Crippen molar-refractivity contribution in [3.8, 4) is 0 Å². The van der Waals surface area contributed by atoms with E-state index in [0.717, 1.165) is 30.5 Å². The fourth-order valence-electron chi connectivity index (χ4n) is 3.16. The van der Waals surface area contributed by atoms with Gasteiger partial charge in [-0.3, -0.25) is 9.78 Å². The van der Waals surface area contributed by atoms with Gasteiger partial charge in [-0.1, -0.05) is 0 Å². The van der Waals surface area contributed by atoms with Gasteiger partial charge >= 0.3 is 5.97 Å². The van der Waals surface area contributed by atoms with E-state index in [0.29, 0.717) is 37.1 Å². The standard InChI is InChI=1S/C18H25NO4/c1-3-23-18(22)16-11-14-7-4-6-13(17(14)19-12(16)2)10-15(21)8-5-9-20/h11,13,20H,3-10H2,1-2H3. The van der Waals surface area contributed by atoms with E-state index in [-0.39, 0.29) is 24.3 Å². The molecule has 1 aromatic heterocycles. The molecule has 2 rings (SSSR count). The highest BCUT2D eigenvalue weighted by molar-refractivity contribution is 5.90. The third-order valence-electron chi connectivity index (χ3n) is 4.29. The Labute approximate surface area is 137 Å². The monoisotopic (exact) mass is 319 g/mol. The summed E-state index contributed by atoms with van der Waals surface area (Å²) < 4.78 is 5.08. The maximum Gasteiger partial charge on any atom is 0.339 e. The average molecular weight is 319 g/mol. The largest absolute Gasteiger partial charge is 0.462 e. The number of rotatable bonds is 7. The molecule has 0 bridgehead atoms. The van der Waals surface area contributed by atoms with Gasteiger partial charge in [0.15, 0.2) is 0 Å². The number of carbonyl (C=O) groups is 2. The lowest BCUT2D eigenvalue weighted by Gasteiger charge is -2.25. The highest BCUT2D eigenvalue weighted by Gasteiger charge is 2.26. The van der Waals surface area contributed by atoms with Crippen molar-refractivity contribution in [1.29, 1.82) is 0 Å². The van der Waals surface area contributed by atoms with Crippen molar-refractivity contribution in [1.82, 2.24) is 4.98 Å². The van der Waals surface area contributed by atoms with Gasteiger partial charge < -0.3 is 9.84 Å². The Balaban J connectivity index is 2.20. The van der Waals surface area contributed by atoms with Crippen molar-refractivity contribution in [2.45, 2.75) is 58.3 Å². The van der Waals surface area contributed by atoms with Crippen LogP contribution in [-0.2, 0) is 16.0 Å². The SMILES string of the molecule is CCOC(=O)c1cc2c(nc1C)C(CC(=O)CCCO)CCC2. The molecule has 0 radical (unpaired) electrons. The Bertz CT molecular complexity index is 583. The van der Waals surface area contributed by atoms with E-state index in [2.05, 4.69) is 4.98 Å². The van der Waals surface area contributed by atoms with Gasteiger partial charge in [-0.2, -0.15) is 0 Å². The number of esters is 1. The van der Waals surface area contributed by atoms with E-state index in [1.807, 2.05) is 13.0 Å². The summed E-state index contributed by atoms with van der Waals surface area (Å²) in [6, 6.07) is 1.89. The Kier molecular flexibility index (Phi) is 6.28. The number of hydrogen-bond acceptors (Lipinski definition) is 5. The van der Waals surface area contributed by atoms with E-state index >= 15 is 0 Å². The number of fused-ring (bicyclic) bond motifs is 1. The van der Waals surface area contributed by atoms with Gasteiger partial charge in [0.2, 0.25) is 0 Å². The van der Waals surface area contributed by atoms with Gasteiger partial charge in [0, 0.05) is 31.1 Å². The number of aliphatic hydroxyl groups is 1. The molecular weight excluding hydrogens is 294 g/mol. The maximum absolute atomic E-state index is 12.0. The van der Waals surface area contributed by atoms with E-state index in [1.165, 1.54) is 0 Å². The molecule has 1 aliphatic rings. The smallest absolute Gasteiger partial charge is 0.339 e. The van der Waals surface area contributed by atoms with Crippen LogP contribution in [0.1, 0.15) is 72.3 Å². The predicted molar refractivity (Wildman–Crippen MR) is 86.6 cm³/mol. The molecule has 1 N–H and O–H groups in total. The molecule has 0 saturated carbocycles.